The molecule has 8 heteroatoms. The summed E-state index contributed by atoms with van der Waals surface area (Å²) in [5.74, 6) is -0.231. The number of carbonyl (C=O) groups excluding carboxylic acids is 1. The van der Waals surface area contributed by atoms with Crippen LogP contribution in [0.25, 0.3) is 0 Å². The van der Waals surface area contributed by atoms with Gasteiger partial charge in [0, 0.05) is 29.5 Å². The van der Waals surface area contributed by atoms with Crippen LogP contribution >= 0.6 is 11.6 Å². The highest BCUT2D eigenvalue weighted by Gasteiger charge is 2.25. The number of piperidine rings is 1. The van der Waals surface area contributed by atoms with Gasteiger partial charge in [-0.3, -0.25) is 4.79 Å². The van der Waals surface area contributed by atoms with Crippen LogP contribution in [-0.2, 0) is 14.8 Å². The van der Waals surface area contributed by atoms with Crippen LogP contribution in [0.15, 0.2) is 47.4 Å². The summed E-state index contributed by atoms with van der Waals surface area (Å²) in [5, 5.41) is 6.45. The van der Waals surface area contributed by atoms with Crippen LogP contribution in [0.2, 0.25) is 5.02 Å². The summed E-state index contributed by atoms with van der Waals surface area (Å²) >= 11 is 6.07. The first kappa shape index (κ1) is 20.6. The lowest BCUT2D eigenvalue weighted by Crippen LogP contribution is -2.35. The van der Waals surface area contributed by atoms with Gasteiger partial charge in [0.05, 0.1) is 11.4 Å². The smallest absolute Gasteiger partial charge is 0.243 e. The van der Waals surface area contributed by atoms with Crippen molar-refractivity contribution in [1.29, 1.82) is 0 Å². The van der Waals surface area contributed by atoms with E-state index in [0.29, 0.717) is 23.8 Å². The summed E-state index contributed by atoms with van der Waals surface area (Å²) in [7, 11) is -3.47. The first-order valence-corrected chi connectivity index (χ1v) is 11.1. The Bertz CT molecular complexity index is 940. The number of benzene rings is 2. The van der Waals surface area contributed by atoms with Gasteiger partial charge >= 0.3 is 0 Å². The lowest BCUT2D eigenvalue weighted by molar-refractivity contribution is -0.114. The molecule has 28 heavy (non-hydrogen) atoms. The highest BCUT2D eigenvalue weighted by molar-refractivity contribution is 7.89. The number of hydrogen-bond acceptors (Lipinski definition) is 4. The van der Waals surface area contributed by atoms with Crippen molar-refractivity contribution in [3.63, 3.8) is 0 Å². The molecule has 0 spiro atoms. The molecule has 0 aliphatic carbocycles. The maximum Gasteiger partial charge on any atom is 0.243 e. The molecule has 3 rings (SSSR count). The second-order valence-electron chi connectivity index (χ2n) is 6.80. The molecule has 1 fully saturated rings. The van der Waals surface area contributed by atoms with Crippen LogP contribution in [0.4, 0.5) is 11.4 Å². The van der Waals surface area contributed by atoms with E-state index < -0.39 is 10.0 Å². The van der Waals surface area contributed by atoms with Crippen LogP contribution in [0, 0.1) is 6.92 Å². The number of amides is 1. The average Bonchev–Trinajstić information content (AvgIpc) is 2.70. The summed E-state index contributed by atoms with van der Waals surface area (Å²) in [6, 6.07) is 11.8. The number of halogens is 1. The minimum atomic E-state index is -3.47. The molecular weight excluding hydrogens is 398 g/mol. The molecule has 1 saturated heterocycles. The third kappa shape index (κ3) is 4.84. The summed E-state index contributed by atoms with van der Waals surface area (Å²) in [4.78, 5) is 12.4. The fourth-order valence-corrected chi connectivity index (χ4v) is 4.84. The molecule has 6 nitrogen and oxygen atoms in total. The SMILES string of the molecule is Cc1c(Cl)cccc1NCC(=O)Nc1ccc(S(=O)(=O)N2CCCCC2)cc1. The zero-order valence-electron chi connectivity index (χ0n) is 15.7. The van der Waals surface area contributed by atoms with Crippen LogP contribution in [0.3, 0.4) is 0 Å². The zero-order valence-corrected chi connectivity index (χ0v) is 17.3. The average molecular weight is 422 g/mol. The maximum atomic E-state index is 12.7. The first-order valence-electron chi connectivity index (χ1n) is 9.27. The van der Waals surface area contributed by atoms with Crippen molar-refractivity contribution in [3.05, 3.63) is 53.1 Å². The van der Waals surface area contributed by atoms with Gasteiger partial charge in [0.1, 0.15) is 0 Å². The third-order valence-electron chi connectivity index (χ3n) is 4.80. The minimum absolute atomic E-state index is 0.0784. The van der Waals surface area contributed by atoms with E-state index in [1.54, 1.807) is 18.2 Å². The minimum Gasteiger partial charge on any atom is -0.376 e. The quantitative estimate of drug-likeness (QED) is 0.742. The van der Waals surface area contributed by atoms with Gasteiger partial charge in [0.25, 0.3) is 0 Å². The second-order valence-corrected chi connectivity index (χ2v) is 9.15. The van der Waals surface area contributed by atoms with Gasteiger partial charge in [-0.1, -0.05) is 24.1 Å². The molecule has 0 radical (unpaired) electrons. The molecular formula is C20H24ClN3O3S. The van der Waals surface area contributed by atoms with Gasteiger partial charge in [-0.25, -0.2) is 8.42 Å². The largest absolute Gasteiger partial charge is 0.376 e. The number of hydrogen-bond donors (Lipinski definition) is 2. The number of rotatable bonds is 6. The first-order chi connectivity index (χ1) is 13.4. The topological polar surface area (TPSA) is 78.5 Å². The third-order valence-corrected chi connectivity index (χ3v) is 7.12. The molecule has 0 saturated carbocycles. The summed E-state index contributed by atoms with van der Waals surface area (Å²) in [6.07, 6.45) is 2.86. The van der Waals surface area contributed by atoms with Crippen molar-refractivity contribution in [3.8, 4) is 0 Å². The van der Waals surface area contributed by atoms with E-state index in [1.807, 2.05) is 19.1 Å². The van der Waals surface area contributed by atoms with E-state index in [9.17, 15) is 13.2 Å². The van der Waals surface area contributed by atoms with Crippen LogP contribution in [-0.4, -0.2) is 38.3 Å². The normalized spacial score (nSPS) is 15.2. The van der Waals surface area contributed by atoms with Gasteiger partial charge < -0.3 is 10.6 Å². The lowest BCUT2D eigenvalue weighted by Gasteiger charge is -2.25. The molecule has 2 aromatic carbocycles. The molecule has 1 amide bonds. The van der Waals surface area contributed by atoms with Crippen molar-refractivity contribution >= 4 is 38.9 Å². The van der Waals surface area contributed by atoms with Crippen LogP contribution < -0.4 is 10.6 Å². The van der Waals surface area contributed by atoms with E-state index in [2.05, 4.69) is 10.6 Å². The Morgan fingerprint density at radius 2 is 1.75 bits per heavy atom. The van der Waals surface area contributed by atoms with E-state index in [-0.39, 0.29) is 17.3 Å². The van der Waals surface area contributed by atoms with Crippen molar-refractivity contribution < 1.29 is 13.2 Å². The molecule has 0 bridgehead atoms. The Morgan fingerprint density at radius 3 is 2.43 bits per heavy atom. The maximum absolute atomic E-state index is 12.7. The van der Waals surface area contributed by atoms with Gasteiger partial charge in [0.15, 0.2) is 0 Å². The Labute approximate surface area is 170 Å². The van der Waals surface area contributed by atoms with Crippen molar-refractivity contribution in [2.75, 3.05) is 30.3 Å². The number of nitrogens with zero attached hydrogens (tertiary/aromatic N) is 1. The van der Waals surface area contributed by atoms with E-state index in [1.165, 1.54) is 16.4 Å². The second kappa shape index (κ2) is 8.94. The fraction of sp³-hybridized carbons (Fsp3) is 0.350. The highest BCUT2D eigenvalue weighted by atomic mass is 35.5. The van der Waals surface area contributed by atoms with E-state index in [4.69, 9.17) is 11.6 Å². The van der Waals surface area contributed by atoms with Gasteiger partial charge in [-0.15, -0.1) is 0 Å². The Kier molecular flexibility index (Phi) is 6.59. The predicted octanol–water partition coefficient (Wildman–Crippen LogP) is 3.87. The standard InChI is InChI=1S/C20H24ClN3O3S/c1-15-18(21)6-5-7-19(15)22-14-20(25)23-16-8-10-17(11-9-16)28(26,27)24-12-3-2-4-13-24/h5-11,22H,2-4,12-14H2,1H3,(H,23,25). The highest BCUT2D eigenvalue weighted by Crippen LogP contribution is 2.23. The van der Waals surface area contributed by atoms with Crippen molar-refractivity contribution in [2.45, 2.75) is 31.1 Å². The number of anilines is 2. The lowest BCUT2D eigenvalue weighted by atomic mass is 10.2. The van der Waals surface area contributed by atoms with Gasteiger partial charge in [-0.2, -0.15) is 4.31 Å². The molecule has 0 aromatic heterocycles. The molecule has 150 valence electrons. The molecule has 0 atom stereocenters. The summed E-state index contributed by atoms with van der Waals surface area (Å²) < 4.78 is 26.8. The fourth-order valence-electron chi connectivity index (χ4n) is 3.14. The van der Waals surface area contributed by atoms with Crippen LogP contribution in [0.1, 0.15) is 24.8 Å². The summed E-state index contributed by atoms with van der Waals surface area (Å²) in [6.45, 7) is 3.09. The van der Waals surface area contributed by atoms with Gasteiger partial charge in [-0.05, 0) is 61.7 Å². The molecule has 2 aromatic rings. The van der Waals surface area contributed by atoms with Crippen molar-refractivity contribution in [2.24, 2.45) is 0 Å². The number of sulfonamides is 1. The van der Waals surface area contributed by atoms with Crippen LogP contribution in [0.5, 0.6) is 0 Å². The molecule has 1 aliphatic heterocycles. The molecule has 1 aliphatic rings. The Balaban J connectivity index is 1.59. The van der Waals surface area contributed by atoms with Gasteiger partial charge in [0.2, 0.25) is 15.9 Å². The predicted molar refractivity (Wildman–Crippen MR) is 112 cm³/mol. The monoisotopic (exact) mass is 421 g/mol. The van der Waals surface area contributed by atoms with E-state index >= 15 is 0 Å². The summed E-state index contributed by atoms with van der Waals surface area (Å²) in [5.41, 5.74) is 2.22. The van der Waals surface area contributed by atoms with E-state index in [0.717, 1.165) is 30.5 Å². The zero-order chi connectivity index (χ0) is 20.1. The number of nitrogens with one attached hydrogen (secondary N) is 2. The number of carbonyl (C=O) groups is 1. The molecule has 2 N–H and O–H groups in total. The Morgan fingerprint density at radius 1 is 1.07 bits per heavy atom. The Hall–Kier alpha value is -2.09. The van der Waals surface area contributed by atoms with Crippen molar-refractivity contribution in [1.82, 2.24) is 4.31 Å². The molecule has 1 heterocycles. The molecule has 0 unspecified atom stereocenters.